The summed E-state index contributed by atoms with van der Waals surface area (Å²) in [5.74, 6) is 0.276. The molecule has 108 valence electrons. The van der Waals surface area contributed by atoms with Gasteiger partial charge in [-0.1, -0.05) is 6.07 Å². The predicted octanol–water partition coefficient (Wildman–Crippen LogP) is 2.92. The van der Waals surface area contributed by atoms with Gasteiger partial charge in [0.05, 0.1) is 6.61 Å². The third kappa shape index (κ3) is 6.03. The lowest BCUT2D eigenvalue weighted by Gasteiger charge is -2.25. The molecule has 0 heterocycles. The van der Waals surface area contributed by atoms with Crippen molar-refractivity contribution in [3.63, 3.8) is 0 Å². The largest absolute Gasteiger partial charge is 0.487 e. The van der Waals surface area contributed by atoms with Crippen LogP contribution < -0.4 is 10.1 Å². The van der Waals surface area contributed by atoms with E-state index in [4.69, 9.17) is 9.47 Å². The highest BCUT2D eigenvalue weighted by Gasteiger charge is 2.16. The summed E-state index contributed by atoms with van der Waals surface area (Å²) in [6, 6.07) is 4.90. The minimum absolute atomic E-state index is 0.00781. The number of methoxy groups -OCH3 is 1. The molecule has 0 bridgehead atoms. The van der Waals surface area contributed by atoms with Crippen LogP contribution in [0.3, 0.4) is 0 Å². The quantitative estimate of drug-likeness (QED) is 0.861. The second-order valence-electron chi connectivity index (χ2n) is 5.74. The van der Waals surface area contributed by atoms with E-state index in [1.807, 2.05) is 0 Å². The van der Waals surface area contributed by atoms with Crippen LogP contribution in [0.25, 0.3) is 0 Å². The molecule has 1 aromatic carbocycles. The number of rotatable bonds is 6. The molecule has 0 aliphatic carbocycles. The van der Waals surface area contributed by atoms with Gasteiger partial charge in [-0.05, 0) is 39.3 Å². The molecular weight excluding hydrogens is 245 g/mol. The Kier molecular flexibility index (Phi) is 5.76. The fourth-order valence-corrected chi connectivity index (χ4v) is 1.58. The van der Waals surface area contributed by atoms with E-state index in [1.165, 1.54) is 6.07 Å². The van der Waals surface area contributed by atoms with E-state index in [0.717, 1.165) is 0 Å². The molecule has 4 heteroatoms. The average Bonchev–Trinajstić information content (AvgIpc) is 2.30. The summed E-state index contributed by atoms with van der Waals surface area (Å²) < 4.78 is 24.4. The topological polar surface area (TPSA) is 30.5 Å². The Hall–Kier alpha value is -1.13. The Morgan fingerprint density at radius 2 is 2.00 bits per heavy atom. The third-order valence-corrected chi connectivity index (χ3v) is 2.66. The summed E-state index contributed by atoms with van der Waals surface area (Å²) in [6.07, 6.45) is -0.147. The average molecular weight is 269 g/mol. The molecule has 1 rings (SSSR count). The summed E-state index contributed by atoms with van der Waals surface area (Å²) in [5, 5.41) is 3.35. The Balaban J connectivity index is 2.64. The van der Waals surface area contributed by atoms with Crippen molar-refractivity contribution in [2.45, 2.75) is 39.3 Å². The molecule has 0 fully saturated rings. The first kappa shape index (κ1) is 15.9. The van der Waals surface area contributed by atoms with Crippen LogP contribution >= 0.6 is 0 Å². The zero-order valence-corrected chi connectivity index (χ0v) is 12.4. The molecule has 19 heavy (non-hydrogen) atoms. The van der Waals surface area contributed by atoms with E-state index in [2.05, 4.69) is 26.1 Å². The van der Waals surface area contributed by atoms with Gasteiger partial charge in [-0.3, -0.25) is 0 Å². The van der Waals surface area contributed by atoms with E-state index in [1.54, 1.807) is 26.2 Å². The van der Waals surface area contributed by atoms with E-state index >= 15 is 0 Å². The second-order valence-corrected chi connectivity index (χ2v) is 5.74. The van der Waals surface area contributed by atoms with Crippen LogP contribution in [0, 0.1) is 12.7 Å². The molecule has 0 amide bonds. The van der Waals surface area contributed by atoms with Crippen LogP contribution in [0.15, 0.2) is 18.2 Å². The van der Waals surface area contributed by atoms with Crippen molar-refractivity contribution in [1.82, 2.24) is 5.32 Å². The zero-order chi connectivity index (χ0) is 14.5. The maximum Gasteiger partial charge on any atom is 0.134 e. The molecule has 0 aromatic heterocycles. The van der Waals surface area contributed by atoms with Gasteiger partial charge in [0.1, 0.15) is 17.7 Å². The molecule has 0 saturated carbocycles. The molecular formula is C15H24FNO2. The Morgan fingerprint density at radius 3 is 2.53 bits per heavy atom. The van der Waals surface area contributed by atoms with Gasteiger partial charge >= 0.3 is 0 Å². The predicted molar refractivity (Wildman–Crippen MR) is 75.2 cm³/mol. The first-order valence-corrected chi connectivity index (χ1v) is 6.48. The molecule has 0 aliphatic heterocycles. The fraction of sp³-hybridized carbons (Fsp3) is 0.600. The minimum Gasteiger partial charge on any atom is -0.487 e. The Morgan fingerprint density at radius 1 is 1.32 bits per heavy atom. The van der Waals surface area contributed by atoms with Crippen molar-refractivity contribution < 1.29 is 13.9 Å². The molecule has 0 radical (unpaired) electrons. The molecule has 3 nitrogen and oxygen atoms in total. The van der Waals surface area contributed by atoms with Crippen molar-refractivity contribution in [2.24, 2.45) is 0 Å². The highest BCUT2D eigenvalue weighted by atomic mass is 19.1. The minimum atomic E-state index is -0.252. The summed E-state index contributed by atoms with van der Waals surface area (Å²) >= 11 is 0. The number of nitrogens with one attached hydrogen (secondary N) is 1. The first-order valence-electron chi connectivity index (χ1n) is 6.48. The number of ether oxygens (including phenoxy) is 2. The van der Waals surface area contributed by atoms with Crippen LogP contribution in [0.5, 0.6) is 5.75 Å². The fourth-order valence-electron chi connectivity index (χ4n) is 1.58. The number of hydrogen-bond acceptors (Lipinski definition) is 3. The Labute approximate surface area is 115 Å². The summed E-state index contributed by atoms with van der Waals surface area (Å²) in [6.45, 7) is 9.09. The third-order valence-electron chi connectivity index (χ3n) is 2.66. The number of benzene rings is 1. The van der Waals surface area contributed by atoms with Crippen LogP contribution in [-0.4, -0.2) is 31.9 Å². The van der Waals surface area contributed by atoms with Crippen molar-refractivity contribution in [1.29, 1.82) is 0 Å². The lowest BCUT2D eigenvalue weighted by molar-refractivity contribution is 0.0763. The first-order chi connectivity index (χ1) is 8.81. The van der Waals surface area contributed by atoms with Crippen LogP contribution in [0.2, 0.25) is 0 Å². The second kappa shape index (κ2) is 6.87. The molecule has 0 spiro atoms. The number of aryl methyl sites for hydroxylation is 1. The standard InChI is InChI=1S/C15H24FNO2/c1-11-6-7-12(8-14(11)16)19-13(10-18-5)9-17-15(2,3)4/h6-8,13,17H,9-10H2,1-5H3. The molecule has 1 unspecified atom stereocenters. The van der Waals surface area contributed by atoms with E-state index in [-0.39, 0.29) is 17.5 Å². The van der Waals surface area contributed by atoms with Gasteiger partial charge in [0, 0.05) is 25.3 Å². The molecule has 1 atom stereocenters. The van der Waals surface area contributed by atoms with Crippen LogP contribution in [0.1, 0.15) is 26.3 Å². The monoisotopic (exact) mass is 269 g/mol. The lowest BCUT2D eigenvalue weighted by Crippen LogP contribution is -2.44. The van der Waals surface area contributed by atoms with Gasteiger partial charge < -0.3 is 14.8 Å². The molecule has 0 saturated heterocycles. The highest BCUT2D eigenvalue weighted by molar-refractivity contribution is 5.28. The lowest BCUT2D eigenvalue weighted by atomic mass is 10.1. The van der Waals surface area contributed by atoms with Gasteiger partial charge in [-0.25, -0.2) is 4.39 Å². The smallest absolute Gasteiger partial charge is 0.134 e. The van der Waals surface area contributed by atoms with Gasteiger partial charge in [0.25, 0.3) is 0 Å². The zero-order valence-electron chi connectivity index (χ0n) is 12.4. The van der Waals surface area contributed by atoms with E-state index in [0.29, 0.717) is 24.5 Å². The summed E-state index contributed by atoms with van der Waals surface area (Å²) in [4.78, 5) is 0. The van der Waals surface area contributed by atoms with Gasteiger partial charge in [0.2, 0.25) is 0 Å². The normalized spacial score (nSPS) is 13.4. The van der Waals surface area contributed by atoms with E-state index in [9.17, 15) is 4.39 Å². The van der Waals surface area contributed by atoms with Crippen LogP contribution in [0.4, 0.5) is 4.39 Å². The molecule has 1 N–H and O–H groups in total. The molecule has 0 aliphatic rings. The number of halogens is 1. The molecule has 1 aromatic rings. The maximum atomic E-state index is 13.5. The van der Waals surface area contributed by atoms with Crippen molar-refractivity contribution in [2.75, 3.05) is 20.3 Å². The highest BCUT2D eigenvalue weighted by Crippen LogP contribution is 2.17. The van der Waals surface area contributed by atoms with Gasteiger partial charge in [0.15, 0.2) is 0 Å². The summed E-state index contributed by atoms with van der Waals surface area (Å²) in [5.41, 5.74) is 0.622. The Bertz CT molecular complexity index is 402. The van der Waals surface area contributed by atoms with Crippen molar-refractivity contribution in [3.8, 4) is 5.75 Å². The van der Waals surface area contributed by atoms with Crippen molar-refractivity contribution in [3.05, 3.63) is 29.6 Å². The van der Waals surface area contributed by atoms with E-state index < -0.39 is 0 Å². The van der Waals surface area contributed by atoms with Gasteiger partial charge in [-0.15, -0.1) is 0 Å². The maximum absolute atomic E-state index is 13.5. The van der Waals surface area contributed by atoms with Crippen molar-refractivity contribution >= 4 is 0 Å². The van der Waals surface area contributed by atoms with Crippen LogP contribution in [-0.2, 0) is 4.74 Å². The van der Waals surface area contributed by atoms with Gasteiger partial charge in [-0.2, -0.15) is 0 Å². The summed E-state index contributed by atoms with van der Waals surface area (Å²) in [7, 11) is 1.63. The number of hydrogen-bond donors (Lipinski definition) is 1. The SMILES string of the molecule is COCC(CNC(C)(C)C)Oc1ccc(C)c(F)c1.